The summed E-state index contributed by atoms with van der Waals surface area (Å²) < 4.78 is 0.385. The van der Waals surface area contributed by atoms with Gasteiger partial charge in [0.15, 0.2) is 5.96 Å². The molecule has 0 aliphatic carbocycles. The van der Waals surface area contributed by atoms with E-state index in [1.165, 1.54) is 18.6 Å². The zero-order chi connectivity index (χ0) is 14.1. The fraction of sp³-hybridized carbons (Fsp3) is 0.929. The highest BCUT2D eigenvalue weighted by Crippen LogP contribution is 2.36. The van der Waals surface area contributed by atoms with Crippen molar-refractivity contribution in [1.29, 1.82) is 0 Å². The topological polar surface area (TPSA) is 39.7 Å². The zero-order valence-electron chi connectivity index (χ0n) is 13.4. The number of halogens is 1. The van der Waals surface area contributed by atoms with Crippen molar-refractivity contribution in [1.82, 2.24) is 15.5 Å². The monoisotopic (exact) mass is 414 g/mol. The molecule has 1 unspecified atom stereocenters. The molecule has 1 heterocycles. The Morgan fingerprint density at radius 1 is 1.30 bits per heavy atom. The van der Waals surface area contributed by atoms with Gasteiger partial charge < -0.3 is 15.5 Å². The highest BCUT2D eigenvalue weighted by Gasteiger charge is 2.29. The molecule has 1 rings (SSSR count). The Hall–Kier alpha value is 0.310. The predicted octanol–water partition coefficient (Wildman–Crippen LogP) is 2.40. The van der Waals surface area contributed by atoms with Gasteiger partial charge in [-0.2, -0.15) is 11.8 Å². The van der Waals surface area contributed by atoms with Gasteiger partial charge in [-0.25, -0.2) is 0 Å². The summed E-state index contributed by atoms with van der Waals surface area (Å²) in [5.74, 6) is 2.23. The highest BCUT2D eigenvalue weighted by molar-refractivity contribution is 14.0. The molecule has 0 bridgehead atoms. The van der Waals surface area contributed by atoms with Gasteiger partial charge in [0.05, 0.1) is 0 Å². The summed E-state index contributed by atoms with van der Waals surface area (Å²) in [6.07, 6.45) is 2.65. The van der Waals surface area contributed by atoms with Gasteiger partial charge in [-0.1, -0.05) is 13.8 Å². The minimum Gasteiger partial charge on any atom is -0.355 e. The lowest BCUT2D eigenvalue weighted by Gasteiger charge is -2.25. The Morgan fingerprint density at radius 2 is 2.00 bits per heavy atom. The molecule has 120 valence electrons. The molecule has 0 aromatic carbocycles. The van der Waals surface area contributed by atoms with Crippen LogP contribution < -0.4 is 10.6 Å². The first-order valence-electron chi connectivity index (χ1n) is 7.44. The van der Waals surface area contributed by atoms with Gasteiger partial charge in [0.25, 0.3) is 0 Å². The lowest BCUT2D eigenvalue weighted by molar-refractivity contribution is 0.308. The van der Waals surface area contributed by atoms with Gasteiger partial charge in [0.1, 0.15) is 0 Å². The average Bonchev–Trinajstić information content (AvgIpc) is 2.85. The van der Waals surface area contributed by atoms with E-state index in [1.807, 2.05) is 7.05 Å². The van der Waals surface area contributed by atoms with Crippen LogP contribution in [0.2, 0.25) is 0 Å². The molecule has 20 heavy (non-hydrogen) atoms. The summed E-state index contributed by atoms with van der Waals surface area (Å²) >= 11 is 2.08. The lowest BCUT2D eigenvalue weighted by Crippen LogP contribution is -2.45. The van der Waals surface area contributed by atoms with Crippen LogP contribution in [0, 0.1) is 0 Å². The first-order valence-corrected chi connectivity index (χ1v) is 8.43. The Kier molecular flexibility index (Phi) is 11.1. The standard InChI is InChI=1S/C14H30N4S.HI/c1-5-18(6-2)10-9-16-13(15-4)17-12-14(3)8-7-11-19-14;/h5-12H2,1-4H3,(H2,15,16,17);1H. The van der Waals surface area contributed by atoms with E-state index in [0.717, 1.165) is 38.7 Å². The highest BCUT2D eigenvalue weighted by atomic mass is 127. The molecular formula is C14H31IN4S. The molecule has 1 aliphatic rings. The third kappa shape index (κ3) is 7.36. The molecule has 2 N–H and O–H groups in total. The number of guanidine groups is 1. The number of rotatable bonds is 7. The van der Waals surface area contributed by atoms with Crippen molar-refractivity contribution < 1.29 is 0 Å². The van der Waals surface area contributed by atoms with E-state index in [1.54, 1.807) is 0 Å². The van der Waals surface area contributed by atoms with E-state index in [9.17, 15) is 0 Å². The van der Waals surface area contributed by atoms with E-state index in [0.29, 0.717) is 4.75 Å². The van der Waals surface area contributed by atoms with Crippen LogP contribution >= 0.6 is 35.7 Å². The van der Waals surface area contributed by atoms with Crippen LogP contribution in [0.25, 0.3) is 0 Å². The van der Waals surface area contributed by atoms with Crippen LogP contribution in [0.3, 0.4) is 0 Å². The lowest BCUT2D eigenvalue weighted by atomic mass is 10.1. The van der Waals surface area contributed by atoms with Crippen molar-refractivity contribution in [3.8, 4) is 0 Å². The van der Waals surface area contributed by atoms with Crippen molar-refractivity contribution in [2.75, 3.05) is 45.5 Å². The Bertz CT molecular complexity index is 276. The molecule has 0 saturated carbocycles. The molecule has 4 nitrogen and oxygen atoms in total. The predicted molar refractivity (Wildman–Crippen MR) is 103 cm³/mol. The Labute approximate surface area is 145 Å². The Balaban J connectivity index is 0.00000361. The molecule has 0 spiro atoms. The summed E-state index contributed by atoms with van der Waals surface area (Å²) in [5.41, 5.74) is 0. The number of thioether (sulfide) groups is 1. The number of aliphatic imine (C=N–C) groups is 1. The maximum atomic E-state index is 4.30. The van der Waals surface area contributed by atoms with Crippen LogP contribution in [0.1, 0.15) is 33.6 Å². The largest absolute Gasteiger partial charge is 0.355 e. The summed E-state index contributed by atoms with van der Waals surface area (Å²) in [7, 11) is 1.84. The summed E-state index contributed by atoms with van der Waals surface area (Å²) in [6.45, 7) is 12.0. The van der Waals surface area contributed by atoms with E-state index in [-0.39, 0.29) is 24.0 Å². The quantitative estimate of drug-likeness (QED) is 0.381. The average molecular weight is 414 g/mol. The fourth-order valence-corrected chi connectivity index (χ4v) is 3.58. The molecule has 6 heteroatoms. The number of hydrogen-bond acceptors (Lipinski definition) is 3. The molecular weight excluding hydrogens is 383 g/mol. The molecule has 0 aromatic heterocycles. The number of nitrogens with one attached hydrogen (secondary N) is 2. The van der Waals surface area contributed by atoms with Crippen LogP contribution in [0.15, 0.2) is 4.99 Å². The fourth-order valence-electron chi connectivity index (χ4n) is 2.34. The molecule has 1 fully saturated rings. The first kappa shape index (κ1) is 20.3. The van der Waals surface area contributed by atoms with E-state index >= 15 is 0 Å². The number of nitrogens with zero attached hydrogens (tertiary/aromatic N) is 2. The Morgan fingerprint density at radius 3 is 2.50 bits per heavy atom. The smallest absolute Gasteiger partial charge is 0.191 e. The van der Waals surface area contributed by atoms with Crippen molar-refractivity contribution in [2.45, 2.75) is 38.4 Å². The van der Waals surface area contributed by atoms with Gasteiger partial charge in [-0.3, -0.25) is 4.99 Å². The van der Waals surface area contributed by atoms with Crippen LogP contribution in [0.5, 0.6) is 0 Å². The second-order valence-electron chi connectivity index (χ2n) is 5.28. The summed E-state index contributed by atoms with van der Waals surface area (Å²) in [5, 5.41) is 6.86. The van der Waals surface area contributed by atoms with E-state index < -0.39 is 0 Å². The maximum absolute atomic E-state index is 4.30. The number of hydrogen-bond donors (Lipinski definition) is 2. The zero-order valence-corrected chi connectivity index (χ0v) is 16.5. The van der Waals surface area contributed by atoms with Gasteiger partial charge in [0, 0.05) is 31.4 Å². The van der Waals surface area contributed by atoms with Gasteiger partial charge in [-0.05, 0) is 38.6 Å². The molecule has 0 aromatic rings. The molecule has 1 saturated heterocycles. The second kappa shape index (κ2) is 11.0. The third-order valence-electron chi connectivity index (χ3n) is 3.77. The molecule has 1 atom stereocenters. The van der Waals surface area contributed by atoms with Crippen LogP contribution in [-0.2, 0) is 0 Å². The summed E-state index contributed by atoms with van der Waals surface area (Å²) in [4.78, 5) is 6.71. The third-order valence-corrected chi connectivity index (χ3v) is 5.31. The van der Waals surface area contributed by atoms with Gasteiger partial charge in [-0.15, -0.1) is 24.0 Å². The molecule has 1 aliphatic heterocycles. The SMILES string of the molecule is CCN(CC)CCNC(=NC)NCC1(C)CCCS1.I. The minimum absolute atomic E-state index is 0. The second-order valence-corrected chi connectivity index (χ2v) is 6.96. The minimum atomic E-state index is 0. The van der Waals surface area contributed by atoms with Crippen molar-refractivity contribution in [3.05, 3.63) is 0 Å². The normalized spacial score (nSPS) is 22.8. The molecule has 0 amide bonds. The van der Waals surface area contributed by atoms with Crippen molar-refractivity contribution in [2.24, 2.45) is 4.99 Å². The van der Waals surface area contributed by atoms with E-state index in [4.69, 9.17) is 0 Å². The van der Waals surface area contributed by atoms with Gasteiger partial charge >= 0.3 is 0 Å². The van der Waals surface area contributed by atoms with Crippen LogP contribution in [-0.4, -0.2) is 61.1 Å². The maximum Gasteiger partial charge on any atom is 0.191 e. The first-order chi connectivity index (χ1) is 9.13. The number of likely N-dealkylation sites (N-methyl/N-ethyl adjacent to an activating group) is 1. The van der Waals surface area contributed by atoms with Crippen LogP contribution in [0.4, 0.5) is 0 Å². The summed E-state index contributed by atoms with van der Waals surface area (Å²) in [6, 6.07) is 0. The van der Waals surface area contributed by atoms with Crippen molar-refractivity contribution >= 4 is 41.7 Å². The van der Waals surface area contributed by atoms with E-state index in [2.05, 4.69) is 53.1 Å². The van der Waals surface area contributed by atoms with Gasteiger partial charge in [0.2, 0.25) is 0 Å². The van der Waals surface area contributed by atoms with Crippen molar-refractivity contribution in [3.63, 3.8) is 0 Å². The molecule has 0 radical (unpaired) electrons.